The molecule has 0 aliphatic heterocycles. The molecule has 1 atom stereocenters. The van der Waals surface area contributed by atoms with E-state index < -0.39 is 0 Å². The van der Waals surface area contributed by atoms with Crippen LogP contribution in [-0.2, 0) is 6.42 Å². The van der Waals surface area contributed by atoms with E-state index >= 15 is 0 Å². The van der Waals surface area contributed by atoms with Crippen molar-refractivity contribution in [1.29, 1.82) is 0 Å². The van der Waals surface area contributed by atoms with Crippen LogP contribution in [0.4, 0.5) is 0 Å². The maximum Gasteiger partial charge on any atom is 0.212 e. The molecule has 1 N–H and O–H groups in total. The van der Waals surface area contributed by atoms with Crippen molar-refractivity contribution in [2.45, 2.75) is 18.9 Å². The highest BCUT2D eigenvalue weighted by Gasteiger charge is 2.20. The van der Waals surface area contributed by atoms with Crippen LogP contribution in [0.1, 0.15) is 23.6 Å². The van der Waals surface area contributed by atoms with Crippen molar-refractivity contribution in [2.24, 2.45) is 0 Å². The summed E-state index contributed by atoms with van der Waals surface area (Å²) < 4.78 is 5.09. The highest BCUT2D eigenvalue weighted by atomic mass is 16.5. The molecular weight excluding hydrogens is 236 g/mol. The van der Waals surface area contributed by atoms with Gasteiger partial charge in [0.25, 0.3) is 0 Å². The molecule has 98 valence electrons. The monoisotopic (exact) mass is 254 g/mol. The number of pyridine rings is 1. The summed E-state index contributed by atoms with van der Waals surface area (Å²) >= 11 is 0. The Morgan fingerprint density at radius 2 is 2.05 bits per heavy atom. The largest absolute Gasteiger partial charge is 0.481 e. The van der Waals surface area contributed by atoms with Crippen LogP contribution in [0.25, 0.3) is 11.1 Å². The normalized spacial score (nSPS) is 17.3. The zero-order chi connectivity index (χ0) is 13.2. The van der Waals surface area contributed by atoms with Gasteiger partial charge in [0.2, 0.25) is 5.88 Å². The van der Waals surface area contributed by atoms with Crippen molar-refractivity contribution in [3.63, 3.8) is 0 Å². The van der Waals surface area contributed by atoms with Gasteiger partial charge in [0.05, 0.1) is 7.11 Å². The molecule has 0 spiro atoms. The van der Waals surface area contributed by atoms with Gasteiger partial charge in [-0.1, -0.05) is 18.2 Å². The van der Waals surface area contributed by atoms with Crippen LogP contribution in [-0.4, -0.2) is 19.1 Å². The summed E-state index contributed by atoms with van der Waals surface area (Å²) in [4.78, 5) is 4.26. The predicted molar refractivity (Wildman–Crippen MR) is 76.3 cm³/mol. The van der Waals surface area contributed by atoms with Crippen LogP contribution in [0, 0.1) is 0 Å². The summed E-state index contributed by atoms with van der Waals surface area (Å²) in [6.45, 7) is 0. The third-order valence-electron chi connectivity index (χ3n) is 3.85. The van der Waals surface area contributed by atoms with Crippen LogP contribution in [0.15, 0.2) is 36.5 Å². The van der Waals surface area contributed by atoms with Crippen molar-refractivity contribution in [2.75, 3.05) is 14.2 Å². The second-order valence-electron chi connectivity index (χ2n) is 4.88. The number of rotatable bonds is 3. The molecule has 0 saturated carbocycles. The van der Waals surface area contributed by atoms with Crippen molar-refractivity contribution >= 4 is 0 Å². The standard InChI is InChI=1S/C16H18N2O/c1-17-15-7-4-12-9-11(3-6-14(12)15)13-5-8-16(19-2)18-10-13/h3,5-6,8-10,15,17H,4,7H2,1-2H3. The van der Waals surface area contributed by atoms with Gasteiger partial charge in [-0.2, -0.15) is 0 Å². The molecule has 3 nitrogen and oxygen atoms in total. The Labute approximate surface area is 113 Å². The lowest BCUT2D eigenvalue weighted by molar-refractivity contribution is 0.398. The van der Waals surface area contributed by atoms with Gasteiger partial charge < -0.3 is 10.1 Å². The first-order valence-electron chi connectivity index (χ1n) is 6.62. The van der Waals surface area contributed by atoms with E-state index in [0.717, 1.165) is 12.0 Å². The number of benzene rings is 1. The van der Waals surface area contributed by atoms with Gasteiger partial charge in [0, 0.05) is 23.9 Å². The van der Waals surface area contributed by atoms with E-state index in [-0.39, 0.29) is 0 Å². The second-order valence-corrected chi connectivity index (χ2v) is 4.88. The summed E-state index contributed by atoms with van der Waals surface area (Å²) in [5.74, 6) is 0.653. The Balaban J connectivity index is 1.94. The molecular formula is C16H18N2O. The maximum atomic E-state index is 5.09. The van der Waals surface area contributed by atoms with Gasteiger partial charge >= 0.3 is 0 Å². The number of hydrogen-bond acceptors (Lipinski definition) is 3. The molecule has 0 fully saturated rings. The van der Waals surface area contributed by atoms with Crippen molar-refractivity contribution in [1.82, 2.24) is 10.3 Å². The molecule has 19 heavy (non-hydrogen) atoms. The van der Waals surface area contributed by atoms with Gasteiger partial charge in [-0.3, -0.25) is 0 Å². The van der Waals surface area contributed by atoms with Gasteiger partial charge in [0.15, 0.2) is 0 Å². The summed E-state index contributed by atoms with van der Waals surface area (Å²) in [6, 6.07) is 11.2. The predicted octanol–water partition coefficient (Wildman–Crippen LogP) is 2.96. The lowest BCUT2D eigenvalue weighted by atomic mass is 10.0. The van der Waals surface area contributed by atoms with E-state index in [0.29, 0.717) is 11.9 Å². The molecule has 0 radical (unpaired) electrons. The Hall–Kier alpha value is -1.87. The van der Waals surface area contributed by atoms with E-state index in [2.05, 4.69) is 34.6 Å². The molecule has 1 aliphatic carbocycles. The third-order valence-corrected chi connectivity index (χ3v) is 3.85. The average Bonchev–Trinajstić information content (AvgIpc) is 2.89. The number of ether oxygens (including phenoxy) is 1. The Morgan fingerprint density at radius 1 is 1.21 bits per heavy atom. The van der Waals surface area contributed by atoms with Crippen LogP contribution in [0.2, 0.25) is 0 Å². The first kappa shape index (κ1) is 12.2. The molecule has 1 aromatic heterocycles. The second kappa shape index (κ2) is 5.02. The Bertz CT molecular complexity index is 578. The Kier molecular flexibility index (Phi) is 3.22. The third kappa shape index (κ3) is 2.22. The quantitative estimate of drug-likeness (QED) is 0.914. The smallest absolute Gasteiger partial charge is 0.212 e. The topological polar surface area (TPSA) is 34.1 Å². The van der Waals surface area contributed by atoms with Gasteiger partial charge in [-0.05, 0) is 42.6 Å². The zero-order valence-electron chi connectivity index (χ0n) is 11.3. The Morgan fingerprint density at radius 3 is 2.74 bits per heavy atom. The van der Waals surface area contributed by atoms with Gasteiger partial charge in [0.1, 0.15) is 0 Å². The maximum absolute atomic E-state index is 5.09. The number of hydrogen-bond donors (Lipinski definition) is 1. The minimum atomic E-state index is 0.512. The summed E-state index contributed by atoms with van der Waals surface area (Å²) in [5, 5.41) is 3.37. The molecule has 3 rings (SSSR count). The van der Waals surface area contributed by atoms with E-state index in [1.807, 2.05) is 19.3 Å². The van der Waals surface area contributed by atoms with E-state index in [4.69, 9.17) is 4.74 Å². The summed E-state index contributed by atoms with van der Waals surface area (Å²) in [6.07, 6.45) is 4.21. The van der Waals surface area contributed by atoms with Gasteiger partial charge in [-0.15, -0.1) is 0 Å². The molecule has 1 heterocycles. The van der Waals surface area contributed by atoms with Crippen molar-refractivity contribution in [3.8, 4) is 17.0 Å². The molecule has 1 aliphatic rings. The lowest BCUT2D eigenvalue weighted by Crippen LogP contribution is -2.12. The van der Waals surface area contributed by atoms with E-state index in [1.165, 1.54) is 23.1 Å². The van der Waals surface area contributed by atoms with Crippen LogP contribution in [0.3, 0.4) is 0 Å². The fourth-order valence-electron chi connectivity index (χ4n) is 2.77. The molecule has 0 bridgehead atoms. The van der Waals surface area contributed by atoms with Crippen molar-refractivity contribution in [3.05, 3.63) is 47.7 Å². The van der Waals surface area contributed by atoms with E-state index in [9.17, 15) is 0 Å². The number of methoxy groups -OCH3 is 1. The lowest BCUT2D eigenvalue weighted by Gasteiger charge is -2.11. The highest BCUT2D eigenvalue weighted by molar-refractivity contribution is 5.65. The fourth-order valence-corrected chi connectivity index (χ4v) is 2.77. The molecule has 1 aromatic carbocycles. The van der Waals surface area contributed by atoms with Crippen LogP contribution >= 0.6 is 0 Å². The van der Waals surface area contributed by atoms with E-state index in [1.54, 1.807) is 7.11 Å². The highest BCUT2D eigenvalue weighted by Crippen LogP contribution is 2.33. The molecule has 1 unspecified atom stereocenters. The van der Waals surface area contributed by atoms with Crippen LogP contribution < -0.4 is 10.1 Å². The SMILES string of the molecule is CNC1CCc2cc(-c3ccc(OC)nc3)ccc21. The van der Waals surface area contributed by atoms with Gasteiger partial charge in [-0.25, -0.2) is 4.98 Å². The average molecular weight is 254 g/mol. The first-order valence-corrected chi connectivity index (χ1v) is 6.62. The fraction of sp³-hybridized carbons (Fsp3) is 0.312. The number of aromatic nitrogens is 1. The molecule has 3 heteroatoms. The summed E-state index contributed by atoms with van der Waals surface area (Å²) in [7, 11) is 3.66. The number of aryl methyl sites for hydroxylation is 1. The molecule has 0 amide bonds. The number of nitrogens with zero attached hydrogens (tertiary/aromatic N) is 1. The molecule has 2 aromatic rings. The minimum Gasteiger partial charge on any atom is -0.481 e. The minimum absolute atomic E-state index is 0.512. The van der Waals surface area contributed by atoms with Crippen LogP contribution in [0.5, 0.6) is 5.88 Å². The first-order chi connectivity index (χ1) is 9.31. The number of fused-ring (bicyclic) bond motifs is 1. The zero-order valence-corrected chi connectivity index (χ0v) is 11.3. The number of nitrogens with one attached hydrogen (secondary N) is 1. The molecule has 0 saturated heterocycles. The summed E-state index contributed by atoms with van der Waals surface area (Å²) in [5.41, 5.74) is 5.25. The van der Waals surface area contributed by atoms with Crippen molar-refractivity contribution < 1.29 is 4.74 Å².